The van der Waals surface area contributed by atoms with Crippen molar-refractivity contribution in [3.05, 3.63) is 58.4 Å². The van der Waals surface area contributed by atoms with Crippen molar-refractivity contribution in [1.29, 1.82) is 0 Å². The Labute approximate surface area is 173 Å². The van der Waals surface area contributed by atoms with E-state index in [0.29, 0.717) is 5.69 Å². The van der Waals surface area contributed by atoms with Crippen molar-refractivity contribution in [2.75, 3.05) is 7.11 Å². The molecule has 8 heteroatoms. The Balaban J connectivity index is 1.92. The summed E-state index contributed by atoms with van der Waals surface area (Å²) < 4.78 is 15.0. The molecule has 3 aromatic rings. The van der Waals surface area contributed by atoms with Crippen molar-refractivity contribution in [3.8, 4) is 11.3 Å². The van der Waals surface area contributed by atoms with Crippen LogP contribution in [0.2, 0.25) is 0 Å². The van der Waals surface area contributed by atoms with Gasteiger partial charge in [0.15, 0.2) is 0 Å². The number of hydrogen-bond donors (Lipinski definition) is 2. The van der Waals surface area contributed by atoms with E-state index in [9.17, 15) is 14.4 Å². The Morgan fingerprint density at radius 2 is 1.83 bits per heavy atom. The van der Waals surface area contributed by atoms with Gasteiger partial charge in [0.25, 0.3) is 0 Å². The highest BCUT2D eigenvalue weighted by atomic mass is 16.6. The Morgan fingerprint density at radius 1 is 1.13 bits per heavy atom. The average Bonchev–Trinajstić information content (AvgIpc) is 3.05. The molecule has 30 heavy (non-hydrogen) atoms. The van der Waals surface area contributed by atoms with Crippen LogP contribution in [0.4, 0.5) is 4.79 Å². The third-order valence-corrected chi connectivity index (χ3v) is 4.42. The van der Waals surface area contributed by atoms with Gasteiger partial charge in [0.05, 0.1) is 18.4 Å². The number of carbonyl (C=O) groups excluding carboxylic acids is 2. The maximum absolute atomic E-state index is 12.3. The molecule has 0 bridgehead atoms. The van der Waals surface area contributed by atoms with Crippen LogP contribution in [0.3, 0.4) is 0 Å². The number of hydrogen-bond acceptors (Lipinski definition) is 6. The topological polar surface area (TPSA) is 111 Å². The van der Waals surface area contributed by atoms with E-state index in [1.807, 2.05) is 42.5 Å². The van der Waals surface area contributed by atoms with Crippen molar-refractivity contribution in [2.24, 2.45) is 0 Å². The van der Waals surface area contributed by atoms with Crippen molar-refractivity contribution in [2.45, 2.75) is 38.8 Å². The van der Waals surface area contributed by atoms with Crippen LogP contribution in [0.15, 0.2) is 51.8 Å². The molecule has 0 spiro atoms. The van der Waals surface area contributed by atoms with Gasteiger partial charge >= 0.3 is 17.7 Å². The quantitative estimate of drug-likeness (QED) is 0.622. The molecular weight excluding hydrogens is 388 g/mol. The number of rotatable bonds is 5. The van der Waals surface area contributed by atoms with Crippen LogP contribution in [0.25, 0.3) is 22.0 Å². The predicted octanol–water partition coefficient (Wildman–Crippen LogP) is 3.40. The van der Waals surface area contributed by atoms with Gasteiger partial charge in [-0.05, 0) is 37.6 Å². The molecule has 0 aliphatic rings. The van der Waals surface area contributed by atoms with Crippen molar-refractivity contribution in [3.63, 3.8) is 0 Å². The second-order valence-electron chi connectivity index (χ2n) is 7.83. The zero-order valence-corrected chi connectivity index (χ0v) is 17.3. The first-order valence-corrected chi connectivity index (χ1v) is 9.45. The van der Waals surface area contributed by atoms with Crippen LogP contribution in [-0.4, -0.2) is 36.0 Å². The third kappa shape index (κ3) is 4.89. The number of aromatic nitrogens is 1. The van der Waals surface area contributed by atoms with Crippen LogP contribution in [0.5, 0.6) is 0 Å². The van der Waals surface area contributed by atoms with Gasteiger partial charge in [-0.3, -0.25) is 0 Å². The van der Waals surface area contributed by atoms with Crippen LogP contribution < -0.4 is 10.9 Å². The van der Waals surface area contributed by atoms with Crippen molar-refractivity contribution < 1.29 is 23.6 Å². The number of esters is 1. The summed E-state index contributed by atoms with van der Waals surface area (Å²) in [7, 11) is 1.20. The number of methoxy groups -OCH3 is 1. The van der Waals surface area contributed by atoms with Gasteiger partial charge < -0.3 is 19.3 Å². The molecule has 2 aromatic carbocycles. The Bertz CT molecular complexity index is 1120. The minimum atomic E-state index is -1.12. The summed E-state index contributed by atoms with van der Waals surface area (Å²) in [6, 6.07) is 12.4. The van der Waals surface area contributed by atoms with Gasteiger partial charge in [-0.25, -0.2) is 19.5 Å². The van der Waals surface area contributed by atoms with Crippen LogP contribution in [0, 0.1) is 0 Å². The summed E-state index contributed by atoms with van der Waals surface area (Å²) in [5.74, 6) is -0.703. The molecule has 0 aliphatic heterocycles. The fraction of sp³-hybridized carbons (Fsp3) is 0.318. The number of alkyl carbamates (subject to hydrolysis) is 1. The number of fused-ring (bicyclic) bond motifs is 1. The SMILES string of the molecule is COC(=O)[C@H](Cc1c(-c2ccc3ccccc3c2)[nH]oc1=O)NC(=O)OC(C)(C)C. The lowest BCUT2D eigenvalue weighted by molar-refractivity contribution is -0.143. The van der Waals surface area contributed by atoms with Gasteiger partial charge in [-0.2, -0.15) is 0 Å². The van der Waals surface area contributed by atoms with E-state index < -0.39 is 29.3 Å². The maximum atomic E-state index is 12.3. The van der Waals surface area contributed by atoms with E-state index >= 15 is 0 Å². The standard InChI is InChI=1S/C22H24N2O6/c1-22(2,3)29-21(27)23-17(20(26)28-4)12-16-18(24-30-19(16)25)15-10-9-13-7-5-6-8-14(13)11-15/h5-11,17,24H,12H2,1-4H3,(H,23,27)/t17-/m0/s1. The number of H-pyrrole nitrogens is 1. The first-order valence-electron chi connectivity index (χ1n) is 9.45. The molecule has 0 aliphatic carbocycles. The first-order chi connectivity index (χ1) is 14.2. The van der Waals surface area contributed by atoms with Gasteiger partial charge in [0.2, 0.25) is 0 Å². The Kier molecular flexibility index (Phi) is 5.96. The summed E-state index contributed by atoms with van der Waals surface area (Å²) in [5.41, 5.74) is 0.00423. The van der Waals surface area contributed by atoms with E-state index in [1.54, 1.807) is 20.8 Å². The van der Waals surface area contributed by atoms with E-state index in [0.717, 1.165) is 16.3 Å². The van der Waals surface area contributed by atoms with Gasteiger partial charge in [-0.1, -0.05) is 36.4 Å². The summed E-state index contributed by atoms with van der Waals surface area (Å²) in [6.07, 6.45) is -0.912. The molecular formula is C22H24N2O6. The Hall–Kier alpha value is -3.55. The number of aromatic amines is 1. The smallest absolute Gasteiger partial charge is 0.408 e. The molecule has 0 radical (unpaired) electrons. The number of benzene rings is 2. The highest BCUT2D eigenvalue weighted by molar-refractivity contribution is 5.87. The zero-order chi connectivity index (χ0) is 21.9. The monoisotopic (exact) mass is 412 g/mol. The van der Waals surface area contributed by atoms with Gasteiger partial charge in [0, 0.05) is 12.0 Å². The molecule has 8 nitrogen and oxygen atoms in total. The first kappa shape index (κ1) is 21.2. The van der Waals surface area contributed by atoms with E-state index in [4.69, 9.17) is 14.0 Å². The largest absolute Gasteiger partial charge is 0.467 e. The molecule has 3 rings (SSSR count). The van der Waals surface area contributed by atoms with Crippen LogP contribution in [0.1, 0.15) is 26.3 Å². The van der Waals surface area contributed by atoms with E-state index in [2.05, 4.69) is 10.5 Å². The van der Waals surface area contributed by atoms with Crippen LogP contribution >= 0.6 is 0 Å². The second kappa shape index (κ2) is 8.44. The lowest BCUT2D eigenvalue weighted by Gasteiger charge is -2.22. The fourth-order valence-corrected chi connectivity index (χ4v) is 3.08. The van der Waals surface area contributed by atoms with Gasteiger partial charge in [-0.15, -0.1) is 0 Å². The molecule has 1 amide bonds. The van der Waals surface area contributed by atoms with E-state index in [-0.39, 0.29) is 12.0 Å². The highest BCUT2D eigenvalue weighted by Gasteiger charge is 2.28. The van der Waals surface area contributed by atoms with Crippen LogP contribution in [-0.2, 0) is 20.7 Å². The summed E-state index contributed by atoms with van der Waals surface area (Å²) in [5, 5.41) is 7.13. The number of nitrogens with one attached hydrogen (secondary N) is 2. The molecule has 158 valence electrons. The lowest BCUT2D eigenvalue weighted by Crippen LogP contribution is -2.45. The fourth-order valence-electron chi connectivity index (χ4n) is 3.08. The molecule has 2 N–H and O–H groups in total. The molecule has 0 saturated carbocycles. The normalized spacial score (nSPS) is 12.4. The minimum absolute atomic E-state index is 0.125. The zero-order valence-electron chi connectivity index (χ0n) is 17.3. The second-order valence-corrected chi connectivity index (χ2v) is 7.83. The molecule has 1 heterocycles. The Morgan fingerprint density at radius 3 is 2.50 bits per heavy atom. The maximum Gasteiger partial charge on any atom is 0.408 e. The lowest BCUT2D eigenvalue weighted by atomic mass is 9.99. The molecule has 1 aromatic heterocycles. The molecule has 0 saturated heterocycles. The summed E-state index contributed by atoms with van der Waals surface area (Å²) >= 11 is 0. The predicted molar refractivity (Wildman–Crippen MR) is 111 cm³/mol. The highest BCUT2D eigenvalue weighted by Crippen LogP contribution is 2.25. The molecule has 0 unspecified atom stereocenters. The average molecular weight is 412 g/mol. The molecule has 0 fully saturated rings. The third-order valence-electron chi connectivity index (χ3n) is 4.42. The number of carbonyl (C=O) groups is 2. The van der Waals surface area contributed by atoms with Crippen molar-refractivity contribution >= 4 is 22.8 Å². The minimum Gasteiger partial charge on any atom is -0.467 e. The molecule has 1 atom stereocenters. The van der Waals surface area contributed by atoms with E-state index in [1.165, 1.54) is 7.11 Å². The number of amides is 1. The van der Waals surface area contributed by atoms with Crippen molar-refractivity contribution in [1.82, 2.24) is 10.5 Å². The number of ether oxygens (including phenoxy) is 2. The summed E-state index contributed by atoms with van der Waals surface area (Å²) in [6.45, 7) is 5.12. The van der Waals surface area contributed by atoms with Gasteiger partial charge in [0.1, 0.15) is 11.6 Å². The summed E-state index contributed by atoms with van der Waals surface area (Å²) in [4.78, 5) is 36.7.